The molecule has 3 rings (SSSR count). The van der Waals surface area contributed by atoms with E-state index in [-0.39, 0.29) is 0 Å². The summed E-state index contributed by atoms with van der Waals surface area (Å²) in [5.74, 6) is 0.857. The predicted molar refractivity (Wildman–Crippen MR) is 87.3 cm³/mol. The predicted octanol–water partition coefficient (Wildman–Crippen LogP) is 4.09. The van der Waals surface area contributed by atoms with Gasteiger partial charge in [0, 0.05) is 16.3 Å². The van der Waals surface area contributed by atoms with E-state index in [1.165, 1.54) is 59.5 Å². The number of nitrogens with one attached hydrogen (secondary N) is 1. The van der Waals surface area contributed by atoms with Crippen molar-refractivity contribution in [2.75, 3.05) is 0 Å². The molecule has 1 heterocycles. The highest BCUT2D eigenvalue weighted by molar-refractivity contribution is 6.31. The highest BCUT2D eigenvalue weighted by Gasteiger charge is 2.18. The minimum absolute atomic E-state index is 0.857. The normalized spacial score (nSPS) is 19.6. The zero-order valence-corrected chi connectivity index (χ0v) is 13.3. The third kappa shape index (κ3) is 2.61. The lowest BCUT2D eigenvalue weighted by Crippen LogP contribution is -2.25. The fourth-order valence-corrected chi connectivity index (χ4v) is 4.04. The smallest absolute Gasteiger partial charge is 0.0694 e. The average Bonchev–Trinajstić information content (AvgIpc) is 2.99. The fraction of sp³-hybridized carbons (Fsp3) is 0.556. The molecule has 2 aliphatic carbocycles. The molecule has 1 nitrogen and oxygen atoms in total. The fourth-order valence-electron chi connectivity index (χ4n) is 3.64. The quantitative estimate of drug-likeness (QED) is 0.862. The summed E-state index contributed by atoms with van der Waals surface area (Å²) in [6.07, 6.45) is 13.5. The number of rotatable bonds is 3. The lowest BCUT2D eigenvalue weighted by molar-refractivity contribution is 0.565. The van der Waals surface area contributed by atoms with Crippen molar-refractivity contribution in [3.8, 4) is 0 Å². The second-order valence-electron chi connectivity index (χ2n) is 6.34. The van der Waals surface area contributed by atoms with Gasteiger partial charge in [-0.3, -0.25) is 0 Å². The van der Waals surface area contributed by atoms with Crippen LogP contribution in [0.1, 0.15) is 58.1 Å². The third-order valence-electron chi connectivity index (χ3n) is 4.75. The van der Waals surface area contributed by atoms with Gasteiger partial charge in [-0.05, 0) is 37.7 Å². The minimum Gasteiger partial charge on any atom is -0.357 e. The Bertz CT molecular complexity index is 642. The maximum Gasteiger partial charge on any atom is 0.0694 e. The molecule has 2 heteroatoms. The Balaban J connectivity index is 2.13. The van der Waals surface area contributed by atoms with Crippen molar-refractivity contribution < 1.29 is 0 Å². The molecule has 1 aromatic heterocycles. The van der Waals surface area contributed by atoms with Crippen molar-refractivity contribution in [2.24, 2.45) is 5.92 Å². The van der Waals surface area contributed by atoms with Crippen LogP contribution in [-0.4, -0.2) is 4.98 Å². The van der Waals surface area contributed by atoms with Crippen LogP contribution < -0.4 is 10.6 Å². The number of hydrogen-bond donors (Lipinski definition) is 1. The van der Waals surface area contributed by atoms with Gasteiger partial charge < -0.3 is 4.98 Å². The Hall–Kier alpha value is -0.950. The molecule has 0 aromatic carbocycles. The molecule has 0 aliphatic heterocycles. The van der Waals surface area contributed by atoms with Crippen LogP contribution in [0.3, 0.4) is 0 Å². The first kappa shape index (κ1) is 14.0. The van der Waals surface area contributed by atoms with Gasteiger partial charge in [0.15, 0.2) is 0 Å². The van der Waals surface area contributed by atoms with Crippen molar-refractivity contribution in [3.05, 3.63) is 32.9 Å². The SMILES string of the molecule is CCc1[nH]c2c(c1Cl)=C(CC1CCCC1)C=C(C)CC=2. The van der Waals surface area contributed by atoms with Gasteiger partial charge in [0.1, 0.15) is 0 Å². The highest BCUT2D eigenvalue weighted by Crippen LogP contribution is 2.31. The molecule has 0 spiro atoms. The maximum absolute atomic E-state index is 6.64. The average molecular weight is 290 g/mol. The molecule has 0 bridgehead atoms. The van der Waals surface area contributed by atoms with Crippen molar-refractivity contribution >= 4 is 23.3 Å². The van der Waals surface area contributed by atoms with Crippen LogP contribution in [0.2, 0.25) is 5.02 Å². The van der Waals surface area contributed by atoms with Crippen LogP contribution in [0.5, 0.6) is 0 Å². The van der Waals surface area contributed by atoms with Gasteiger partial charge in [-0.15, -0.1) is 0 Å². The Morgan fingerprint density at radius 3 is 2.75 bits per heavy atom. The molecule has 0 radical (unpaired) electrons. The molecule has 0 amide bonds. The van der Waals surface area contributed by atoms with E-state index in [9.17, 15) is 0 Å². The van der Waals surface area contributed by atoms with Crippen LogP contribution in [-0.2, 0) is 6.42 Å². The first-order valence-electron chi connectivity index (χ1n) is 7.96. The summed E-state index contributed by atoms with van der Waals surface area (Å²) in [7, 11) is 0. The number of fused-ring (bicyclic) bond motifs is 1. The van der Waals surface area contributed by atoms with Crippen molar-refractivity contribution in [2.45, 2.75) is 58.8 Å². The Morgan fingerprint density at radius 1 is 1.30 bits per heavy atom. The summed E-state index contributed by atoms with van der Waals surface area (Å²) in [5, 5.41) is 3.48. The van der Waals surface area contributed by atoms with Gasteiger partial charge in [0.25, 0.3) is 0 Å². The van der Waals surface area contributed by atoms with E-state index in [1.807, 2.05) is 0 Å². The summed E-state index contributed by atoms with van der Waals surface area (Å²) < 4.78 is 0. The first-order valence-corrected chi connectivity index (χ1v) is 8.33. The standard InChI is InChI=1S/C18H24ClN/c1-3-15-18(19)17-14(11-13-6-4-5-7-13)10-12(2)8-9-16(17)20-15/h9-10,13,20H,3-8,11H2,1-2H3. The Kier molecular flexibility index (Phi) is 4.07. The van der Waals surface area contributed by atoms with Crippen LogP contribution in [0.4, 0.5) is 0 Å². The summed E-state index contributed by atoms with van der Waals surface area (Å²) in [6, 6.07) is 0. The third-order valence-corrected chi connectivity index (χ3v) is 5.16. The molecular weight excluding hydrogens is 266 g/mol. The minimum atomic E-state index is 0.857. The van der Waals surface area contributed by atoms with E-state index >= 15 is 0 Å². The number of aromatic nitrogens is 1. The molecule has 0 atom stereocenters. The highest BCUT2D eigenvalue weighted by atomic mass is 35.5. The van der Waals surface area contributed by atoms with Gasteiger partial charge in [0.2, 0.25) is 0 Å². The second-order valence-corrected chi connectivity index (χ2v) is 6.72. The number of H-pyrrole nitrogens is 1. The number of aryl methyl sites for hydroxylation is 1. The second kappa shape index (κ2) is 5.81. The molecule has 108 valence electrons. The van der Waals surface area contributed by atoms with E-state index in [0.717, 1.165) is 23.8 Å². The first-order chi connectivity index (χ1) is 9.69. The Labute approximate surface area is 126 Å². The summed E-state index contributed by atoms with van der Waals surface area (Å²) in [6.45, 7) is 4.39. The lowest BCUT2D eigenvalue weighted by atomic mass is 9.95. The van der Waals surface area contributed by atoms with E-state index in [0.29, 0.717) is 0 Å². The molecule has 0 saturated heterocycles. The van der Waals surface area contributed by atoms with Crippen LogP contribution >= 0.6 is 11.6 Å². The molecule has 1 aromatic rings. The van der Waals surface area contributed by atoms with Gasteiger partial charge >= 0.3 is 0 Å². The molecular formula is C18H24ClN. The number of allylic oxidation sites excluding steroid dienone is 2. The molecule has 1 saturated carbocycles. The van der Waals surface area contributed by atoms with E-state index in [4.69, 9.17) is 11.6 Å². The van der Waals surface area contributed by atoms with E-state index < -0.39 is 0 Å². The zero-order valence-electron chi connectivity index (χ0n) is 12.6. The van der Waals surface area contributed by atoms with Gasteiger partial charge in [-0.1, -0.05) is 61.9 Å². The zero-order chi connectivity index (χ0) is 14.1. The van der Waals surface area contributed by atoms with Crippen LogP contribution in [0.25, 0.3) is 11.6 Å². The molecule has 0 unspecified atom stereocenters. The largest absolute Gasteiger partial charge is 0.357 e. The molecule has 1 fully saturated rings. The van der Waals surface area contributed by atoms with Crippen LogP contribution in [0.15, 0.2) is 11.6 Å². The van der Waals surface area contributed by atoms with Crippen molar-refractivity contribution in [3.63, 3.8) is 0 Å². The van der Waals surface area contributed by atoms with Gasteiger partial charge in [0.05, 0.1) is 5.02 Å². The number of hydrogen-bond acceptors (Lipinski definition) is 0. The van der Waals surface area contributed by atoms with Crippen LogP contribution in [0, 0.1) is 5.92 Å². The number of aromatic amines is 1. The Morgan fingerprint density at radius 2 is 2.05 bits per heavy atom. The molecule has 20 heavy (non-hydrogen) atoms. The van der Waals surface area contributed by atoms with Crippen molar-refractivity contribution in [1.82, 2.24) is 4.98 Å². The number of halogens is 1. The van der Waals surface area contributed by atoms with Crippen molar-refractivity contribution in [1.29, 1.82) is 0 Å². The summed E-state index contributed by atoms with van der Waals surface area (Å²) >= 11 is 6.64. The van der Waals surface area contributed by atoms with Gasteiger partial charge in [-0.25, -0.2) is 0 Å². The maximum atomic E-state index is 6.64. The van der Waals surface area contributed by atoms with Gasteiger partial charge in [-0.2, -0.15) is 0 Å². The monoisotopic (exact) mass is 289 g/mol. The van der Waals surface area contributed by atoms with E-state index in [2.05, 4.69) is 31.0 Å². The molecule has 1 N–H and O–H groups in total. The summed E-state index contributed by atoms with van der Waals surface area (Å²) in [4.78, 5) is 3.53. The van der Waals surface area contributed by atoms with E-state index in [1.54, 1.807) is 0 Å². The lowest BCUT2D eigenvalue weighted by Gasteiger charge is -2.10. The topological polar surface area (TPSA) is 15.8 Å². The molecule has 2 aliphatic rings. The summed E-state index contributed by atoms with van der Waals surface area (Å²) in [5.41, 5.74) is 4.08.